The van der Waals surface area contributed by atoms with Crippen LogP contribution in [0, 0.1) is 10.5 Å². The fourth-order valence-corrected chi connectivity index (χ4v) is 1.78. The van der Waals surface area contributed by atoms with E-state index in [9.17, 15) is 13.6 Å². The van der Waals surface area contributed by atoms with E-state index in [1.165, 1.54) is 0 Å². The highest BCUT2D eigenvalue weighted by molar-refractivity contribution is 14.1. The van der Waals surface area contributed by atoms with Gasteiger partial charge in [-0.1, -0.05) is 0 Å². The molecule has 0 aliphatic heterocycles. The lowest BCUT2D eigenvalue weighted by Gasteiger charge is -2.01. The zero-order valence-corrected chi connectivity index (χ0v) is 9.75. The van der Waals surface area contributed by atoms with Gasteiger partial charge in [-0.25, -0.2) is 13.3 Å². The Morgan fingerprint density at radius 1 is 1.60 bits per heavy atom. The van der Waals surface area contributed by atoms with Crippen LogP contribution in [0.2, 0.25) is 0 Å². The zero-order valence-electron chi connectivity index (χ0n) is 7.59. The quantitative estimate of drug-likeness (QED) is 0.814. The summed E-state index contributed by atoms with van der Waals surface area (Å²) < 4.78 is 26.9. The highest BCUT2D eigenvalue weighted by atomic mass is 127. The summed E-state index contributed by atoms with van der Waals surface area (Å²) >= 11 is 1.96. The average molecular weight is 325 g/mol. The van der Waals surface area contributed by atoms with Crippen molar-refractivity contribution < 1.29 is 8.78 Å². The number of hydrogen-bond acceptors (Lipinski definition) is 2. The van der Waals surface area contributed by atoms with E-state index in [0.29, 0.717) is 14.9 Å². The van der Waals surface area contributed by atoms with Crippen LogP contribution in [-0.2, 0) is 0 Å². The van der Waals surface area contributed by atoms with Gasteiger partial charge < -0.3 is 4.98 Å². The van der Waals surface area contributed by atoms with Gasteiger partial charge >= 0.3 is 0 Å². The van der Waals surface area contributed by atoms with Crippen molar-refractivity contribution in [3.8, 4) is 0 Å². The van der Waals surface area contributed by atoms with Gasteiger partial charge in [-0.3, -0.25) is 4.79 Å². The number of fused-ring (bicyclic) bond motifs is 1. The minimum Gasteiger partial charge on any atom is -0.306 e. The third kappa shape index (κ3) is 1.64. The molecule has 0 bridgehead atoms. The molecule has 80 valence electrons. The molecule has 2 aromatic heterocycles. The maximum absolute atomic E-state index is 12.6. The number of aromatic amines is 1. The van der Waals surface area contributed by atoms with Crippen molar-refractivity contribution in [2.45, 2.75) is 13.3 Å². The first-order chi connectivity index (χ1) is 7.00. The van der Waals surface area contributed by atoms with Gasteiger partial charge in [0.15, 0.2) is 0 Å². The SMILES string of the molecule is Cc1nn2c(C(F)F)cc(=O)[nH]c2c1I. The van der Waals surface area contributed by atoms with E-state index in [0.717, 1.165) is 10.6 Å². The van der Waals surface area contributed by atoms with Gasteiger partial charge in [-0.15, -0.1) is 0 Å². The maximum Gasteiger partial charge on any atom is 0.280 e. The largest absolute Gasteiger partial charge is 0.306 e. The average Bonchev–Trinajstić information content (AvgIpc) is 2.43. The van der Waals surface area contributed by atoms with Crippen LogP contribution in [0.1, 0.15) is 17.8 Å². The van der Waals surface area contributed by atoms with Gasteiger partial charge in [-0.2, -0.15) is 5.10 Å². The molecule has 0 saturated heterocycles. The molecule has 0 fully saturated rings. The maximum atomic E-state index is 12.6. The molecule has 0 amide bonds. The molecule has 2 heterocycles. The summed E-state index contributed by atoms with van der Waals surface area (Å²) in [7, 11) is 0. The Kier molecular flexibility index (Phi) is 2.49. The number of nitrogens with zero attached hydrogens (tertiary/aromatic N) is 2. The van der Waals surface area contributed by atoms with Crippen molar-refractivity contribution in [1.29, 1.82) is 0 Å². The Hall–Kier alpha value is -0.990. The Bertz CT molecular complexity index is 575. The van der Waals surface area contributed by atoms with Crippen molar-refractivity contribution in [2.75, 3.05) is 0 Å². The van der Waals surface area contributed by atoms with Crippen molar-refractivity contribution >= 4 is 28.2 Å². The van der Waals surface area contributed by atoms with Crippen LogP contribution in [0.15, 0.2) is 10.9 Å². The first-order valence-electron chi connectivity index (χ1n) is 4.07. The molecule has 0 spiro atoms. The molecule has 0 aliphatic rings. The van der Waals surface area contributed by atoms with Crippen LogP contribution < -0.4 is 5.56 Å². The van der Waals surface area contributed by atoms with E-state index in [1.54, 1.807) is 6.92 Å². The number of aryl methyl sites for hydroxylation is 1. The minimum absolute atomic E-state index is 0.316. The van der Waals surface area contributed by atoms with Crippen LogP contribution in [0.4, 0.5) is 8.78 Å². The third-order valence-corrected chi connectivity index (χ3v) is 3.27. The monoisotopic (exact) mass is 325 g/mol. The van der Waals surface area contributed by atoms with Crippen molar-refractivity contribution in [1.82, 2.24) is 14.6 Å². The summed E-state index contributed by atoms with van der Waals surface area (Å²) in [5, 5.41) is 3.93. The number of rotatable bonds is 1. The number of alkyl halides is 2. The lowest BCUT2D eigenvalue weighted by atomic mass is 10.4. The van der Waals surface area contributed by atoms with Gasteiger partial charge in [0, 0.05) is 6.07 Å². The minimum atomic E-state index is -2.72. The number of aromatic nitrogens is 3. The van der Waals surface area contributed by atoms with Crippen molar-refractivity contribution in [3.63, 3.8) is 0 Å². The molecule has 0 aliphatic carbocycles. The van der Waals surface area contributed by atoms with Crippen LogP contribution in [0.5, 0.6) is 0 Å². The number of H-pyrrole nitrogens is 1. The Morgan fingerprint density at radius 2 is 2.27 bits per heavy atom. The molecular formula is C8H6F2IN3O. The molecule has 15 heavy (non-hydrogen) atoms. The van der Waals surface area contributed by atoms with E-state index in [4.69, 9.17) is 0 Å². The summed E-state index contributed by atoms with van der Waals surface area (Å²) in [6.45, 7) is 1.70. The number of nitrogens with one attached hydrogen (secondary N) is 1. The van der Waals surface area contributed by atoms with Crippen molar-refractivity contribution in [2.24, 2.45) is 0 Å². The second-order valence-corrected chi connectivity index (χ2v) is 4.10. The molecule has 0 saturated carbocycles. The van der Waals surface area contributed by atoms with E-state index in [1.807, 2.05) is 22.6 Å². The number of hydrogen-bond donors (Lipinski definition) is 1. The molecule has 0 unspecified atom stereocenters. The molecule has 4 nitrogen and oxygen atoms in total. The molecular weight excluding hydrogens is 319 g/mol. The first kappa shape index (κ1) is 10.5. The van der Waals surface area contributed by atoms with Crippen LogP contribution >= 0.6 is 22.6 Å². The normalized spacial score (nSPS) is 11.5. The summed E-state index contributed by atoms with van der Waals surface area (Å²) in [6.07, 6.45) is -2.72. The Labute approximate surface area is 96.4 Å². The summed E-state index contributed by atoms with van der Waals surface area (Å²) in [5.41, 5.74) is -0.00867. The van der Waals surface area contributed by atoms with Gasteiger partial charge in [0.2, 0.25) is 0 Å². The number of halogens is 3. The van der Waals surface area contributed by atoms with E-state index in [-0.39, 0.29) is 5.69 Å². The second-order valence-electron chi connectivity index (χ2n) is 3.02. The highest BCUT2D eigenvalue weighted by Gasteiger charge is 2.17. The van der Waals surface area contributed by atoms with Crippen LogP contribution in [0.3, 0.4) is 0 Å². The molecule has 0 radical (unpaired) electrons. The first-order valence-corrected chi connectivity index (χ1v) is 5.15. The predicted octanol–water partition coefficient (Wildman–Crippen LogP) is 1.87. The molecule has 0 aromatic carbocycles. The molecule has 2 aromatic rings. The van der Waals surface area contributed by atoms with E-state index in [2.05, 4.69) is 10.1 Å². The Morgan fingerprint density at radius 3 is 2.87 bits per heavy atom. The zero-order chi connectivity index (χ0) is 11.2. The lowest BCUT2D eigenvalue weighted by molar-refractivity contribution is 0.143. The predicted molar refractivity (Wildman–Crippen MR) is 58.2 cm³/mol. The fourth-order valence-electron chi connectivity index (χ4n) is 1.31. The highest BCUT2D eigenvalue weighted by Crippen LogP contribution is 2.21. The van der Waals surface area contributed by atoms with Gasteiger partial charge in [-0.05, 0) is 29.5 Å². The van der Waals surface area contributed by atoms with Crippen LogP contribution in [-0.4, -0.2) is 14.6 Å². The lowest BCUT2D eigenvalue weighted by Crippen LogP contribution is -2.12. The Balaban J connectivity index is 2.92. The second kappa shape index (κ2) is 3.54. The summed E-state index contributed by atoms with van der Waals surface area (Å²) in [5.74, 6) is 0. The molecule has 0 atom stereocenters. The topological polar surface area (TPSA) is 50.2 Å². The van der Waals surface area contributed by atoms with Gasteiger partial charge in [0.25, 0.3) is 12.0 Å². The van der Waals surface area contributed by atoms with Gasteiger partial charge in [0.1, 0.15) is 11.3 Å². The van der Waals surface area contributed by atoms with E-state index >= 15 is 0 Å². The smallest absolute Gasteiger partial charge is 0.280 e. The molecule has 1 N–H and O–H groups in total. The van der Waals surface area contributed by atoms with Crippen molar-refractivity contribution in [3.05, 3.63) is 31.4 Å². The van der Waals surface area contributed by atoms with E-state index < -0.39 is 12.0 Å². The summed E-state index contributed by atoms with van der Waals surface area (Å²) in [4.78, 5) is 13.6. The van der Waals surface area contributed by atoms with Gasteiger partial charge in [0.05, 0.1) is 9.26 Å². The standard InChI is InChI=1S/C8H6F2IN3O/c1-3-6(11)8-12-5(15)2-4(7(9)10)14(8)13-3/h2,7H,1H3,(H,12,15). The fraction of sp³-hybridized carbons (Fsp3) is 0.250. The third-order valence-electron chi connectivity index (χ3n) is 1.98. The van der Waals surface area contributed by atoms with Crippen LogP contribution in [0.25, 0.3) is 5.65 Å². The molecule has 7 heteroatoms. The molecule has 2 rings (SSSR count). The summed E-state index contributed by atoms with van der Waals surface area (Å²) in [6, 6.07) is 0.861.